The molecule has 0 aromatic heterocycles. The molecule has 3 heteroatoms. The quantitative estimate of drug-likeness (QED) is 0.549. The zero-order valence-electron chi connectivity index (χ0n) is 4.64. The minimum absolute atomic E-state index is 0. The van der Waals surface area contributed by atoms with Crippen molar-refractivity contribution in [1.82, 2.24) is 5.32 Å². The summed E-state index contributed by atoms with van der Waals surface area (Å²) < 4.78 is 0. The highest BCUT2D eigenvalue weighted by atomic mass is 35.5. The van der Waals surface area contributed by atoms with Crippen LogP contribution in [0, 0.1) is 5.41 Å². The van der Waals surface area contributed by atoms with Crippen molar-refractivity contribution in [3.05, 3.63) is 0 Å². The number of halogens is 1. The molecule has 0 atom stereocenters. The third kappa shape index (κ3) is 0.751. The van der Waals surface area contributed by atoms with Gasteiger partial charge in [-0.2, -0.15) is 11.8 Å². The van der Waals surface area contributed by atoms with E-state index in [4.69, 9.17) is 0 Å². The van der Waals surface area contributed by atoms with Gasteiger partial charge < -0.3 is 5.32 Å². The number of nitrogens with one attached hydrogen (secondary N) is 1. The summed E-state index contributed by atoms with van der Waals surface area (Å²) in [6, 6.07) is 0. The van der Waals surface area contributed by atoms with Gasteiger partial charge >= 0.3 is 0 Å². The molecule has 0 bridgehead atoms. The van der Waals surface area contributed by atoms with Crippen LogP contribution < -0.4 is 5.32 Å². The lowest BCUT2D eigenvalue weighted by molar-refractivity contribution is 0.223. The fourth-order valence-electron chi connectivity index (χ4n) is 1.07. The first kappa shape index (κ1) is 6.72. The van der Waals surface area contributed by atoms with Crippen LogP contribution >= 0.6 is 24.2 Å². The molecule has 0 amide bonds. The van der Waals surface area contributed by atoms with Gasteiger partial charge in [-0.15, -0.1) is 12.4 Å². The fourth-order valence-corrected chi connectivity index (χ4v) is 2.26. The van der Waals surface area contributed by atoms with Gasteiger partial charge in [0, 0.05) is 30.0 Å². The van der Waals surface area contributed by atoms with E-state index in [1.54, 1.807) is 0 Å². The maximum absolute atomic E-state index is 3.29. The zero-order valence-corrected chi connectivity index (χ0v) is 6.28. The van der Waals surface area contributed by atoms with Crippen LogP contribution in [0.1, 0.15) is 0 Å². The average Bonchev–Trinajstić information content (AvgIpc) is 1.20. The molecule has 1 nitrogen and oxygen atoms in total. The normalized spacial score (nSPS) is 30.0. The Morgan fingerprint density at radius 2 is 1.88 bits per heavy atom. The van der Waals surface area contributed by atoms with Crippen molar-refractivity contribution in [2.24, 2.45) is 5.41 Å². The standard InChI is InChI=1S/C5H9NS.ClH/c1-5(2-6-1)3-7-4-5;/h6H,1-4H2;1H. The molecule has 0 saturated carbocycles. The summed E-state index contributed by atoms with van der Waals surface area (Å²) in [7, 11) is 0. The maximum Gasteiger partial charge on any atom is 0.0133 e. The fraction of sp³-hybridized carbons (Fsp3) is 1.00. The largest absolute Gasteiger partial charge is 0.315 e. The lowest BCUT2D eigenvalue weighted by Gasteiger charge is -2.49. The van der Waals surface area contributed by atoms with Crippen LogP contribution in [0.5, 0.6) is 0 Å². The Morgan fingerprint density at radius 1 is 1.25 bits per heavy atom. The molecule has 0 aromatic carbocycles. The van der Waals surface area contributed by atoms with Crippen molar-refractivity contribution in [3.8, 4) is 0 Å². The van der Waals surface area contributed by atoms with Gasteiger partial charge in [-0.1, -0.05) is 0 Å². The van der Waals surface area contributed by atoms with Crippen LogP contribution in [-0.4, -0.2) is 24.6 Å². The van der Waals surface area contributed by atoms with E-state index in [1.165, 1.54) is 24.6 Å². The van der Waals surface area contributed by atoms with Crippen molar-refractivity contribution < 1.29 is 0 Å². The molecule has 2 rings (SSSR count). The minimum atomic E-state index is 0. The van der Waals surface area contributed by atoms with Gasteiger partial charge in [0.15, 0.2) is 0 Å². The molecule has 0 radical (unpaired) electrons. The topological polar surface area (TPSA) is 12.0 Å². The molecule has 2 aliphatic heterocycles. The van der Waals surface area contributed by atoms with Crippen LogP contribution in [0.3, 0.4) is 0 Å². The predicted molar refractivity (Wildman–Crippen MR) is 39.9 cm³/mol. The van der Waals surface area contributed by atoms with E-state index in [1.807, 2.05) is 0 Å². The van der Waals surface area contributed by atoms with Gasteiger partial charge in [0.1, 0.15) is 0 Å². The molecule has 0 aliphatic carbocycles. The highest BCUT2D eigenvalue weighted by molar-refractivity contribution is 8.00. The van der Waals surface area contributed by atoms with E-state index >= 15 is 0 Å². The Labute approximate surface area is 60.0 Å². The third-order valence-corrected chi connectivity index (χ3v) is 3.45. The molecular weight excluding hydrogens is 142 g/mol. The Hall–Kier alpha value is 0.600. The first-order valence-electron chi connectivity index (χ1n) is 2.70. The first-order valence-corrected chi connectivity index (χ1v) is 3.85. The molecule has 1 N–H and O–H groups in total. The van der Waals surface area contributed by atoms with E-state index in [0.29, 0.717) is 0 Å². The van der Waals surface area contributed by atoms with Gasteiger partial charge in [-0.25, -0.2) is 0 Å². The molecule has 48 valence electrons. The molecule has 2 fully saturated rings. The Morgan fingerprint density at radius 3 is 1.88 bits per heavy atom. The Kier molecular flexibility index (Phi) is 1.75. The lowest BCUT2D eigenvalue weighted by atomic mass is 9.85. The van der Waals surface area contributed by atoms with Crippen LogP contribution in [0.2, 0.25) is 0 Å². The van der Waals surface area contributed by atoms with Crippen molar-refractivity contribution in [3.63, 3.8) is 0 Å². The summed E-state index contributed by atoms with van der Waals surface area (Å²) in [5.41, 5.74) is 0.796. The maximum atomic E-state index is 3.29. The van der Waals surface area contributed by atoms with Crippen molar-refractivity contribution in [1.29, 1.82) is 0 Å². The van der Waals surface area contributed by atoms with Gasteiger partial charge in [0.2, 0.25) is 0 Å². The molecule has 0 unspecified atom stereocenters. The molecule has 0 aromatic rings. The molecule has 2 saturated heterocycles. The van der Waals surface area contributed by atoms with Crippen LogP contribution in [0.4, 0.5) is 0 Å². The molecule has 2 aliphatic rings. The van der Waals surface area contributed by atoms with Gasteiger partial charge in [-0.3, -0.25) is 0 Å². The van der Waals surface area contributed by atoms with Crippen LogP contribution in [0.15, 0.2) is 0 Å². The third-order valence-electron chi connectivity index (χ3n) is 1.82. The SMILES string of the molecule is C1NCC12CSC2.Cl. The average molecular weight is 152 g/mol. The smallest absolute Gasteiger partial charge is 0.0133 e. The Balaban J connectivity index is 0.000000320. The number of rotatable bonds is 0. The van der Waals surface area contributed by atoms with Crippen molar-refractivity contribution in [2.45, 2.75) is 0 Å². The summed E-state index contributed by atoms with van der Waals surface area (Å²) in [5.74, 6) is 2.83. The van der Waals surface area contributed by atoms with Crippen molar-refractivity contribution >= 4 is 24.2 Å². The molecule has 1 spiro atoms. The van der Waals surface area contributed by atoms with E-state index in [9.17, 15) is 0 Å². The molecule has 8 heavy (non-hydrogen) atoms. The van der Waals surface area contributed by atoms with Crippen LogP contribution in [-0.2, 0) is 0 Å². The highest BCUT2D eigenvalue weighted by Crippen LogP contribution is 2.40. The summed E-state index contributed by atoms with van der Waals surface area (Å²) in [6.07, 6.45) is 0. The second-order valence-electron chi connectivity index (χ2n) is 2.60. The van der Waals surface area contributed by atoms with Crippen molar-refractivity contribution in [2.75, 3.05) is 24.6 Å². The predicted octanol–water partition coefficient (Wildman–Crippen LogP) is 0.745. The van der Waals surface area contributed by atoms with Crippen LogP contribution in [0.25, 0.3) is 0 Å². The summed E-state index contributed by atoms with van der Waals surface area (Å²) >= 11 is 2.08. The zero-order chi connectivity index (χ0) is 4.74. The number of hydrogen-bond acceptors (Lipinski definition) is 2. The second-order valence-corrected chi connectivity index (χ2v) is 3.58. The lowest BCUT2D eigenvalue weighted by Crippen LogP contribution is -2.60. The van der Waals surface area contributed by atoms with E-state index in [-0.39, 0.29) is 12.4 Å². The van der Waals surface area contributed by atoms with Gasteiger partial charge in [0.05, 0.1) is 0 Å². The van der Waals surface area contributed by atoms with E-state index < -0.39 is 0 Å². The highest BCUT2D eigenvalue weighted by Gasteiger charge is 2.42. The summed E-state index contributed by atoms with van der Waals surface area (Å²) in [4.78, 5) is 0. The monoisotopic (exact) mass is 151 g/mol. The molecular formula is C5H10ClNS. The second kappa shape index (κ2) is 2.09. The number of thioether (sulfide) groups is 1. The summed E-state index contributed by atoms with van der Waals surface area (Å²) in [6.45, 7) is 2.58. The number of hydrogen-bond donors (Lipinski definition) is 1. The summed E-state index contributed by atoms with van der Waals surface area (Å²) in [5, 5.41) is 3.29. The minimum Gasteiger partial charge on any atom is -0.315 e. The van der Waals surface area contributed by atoms with Gasteiger partial charge in [0.25, 0.3) is 0 Å². The van der Waals surface area contributed by atoms with E-state index in [2.05, 4.69) is 17.1 Å². The van der Waals surface area contributed by atoms with E-state index in [0.717, 1.165) is 5.41 Å². The molecule has 2 heterocycles. The Bertz CT molecular complexity index is 72.9. The first-order chi connectivity index (χ1) is 3.41. The van der Waals surface area contributed by atoms with Gasteiger partial charge in [-0.05, 0) is 0 Å².